The molecule has 0 spiro atoms. The zero-order valence-electron chi connectivity index (χ0n) is 9.66. The number of nitrogens with one attached hydrogen (secondary N) is 1. The van der Waals surface area contributed by atoms with Gasteiger partial charge in [0.25, 0.3) is 0 Å². The van der Waals surface area contributed by atoms with Crippen molar-refractivity contribution in [2.75, 3.05) is 5.32 Å². The van der Waals surface area contributed by atoms with Gasteiger partial charge in [0.1, 0.15) is 5.82 Å². The summed E-state index contributed by atoms with van der Waals surface area (Å²) in [5.41, 5.74) is 1.25. The summed E-state index contributed by atoms with van der Waals surface area (Å²) in [5.74, 6) is 1.97. The molecule has 2 heteroatoms. The fraction of sp³-hybridized carbons (Fsp3) is 0.615. The predicted octanol–water partition coefficient (Wildman–Crippen LogP) is 3.38. The van der Waals surface area contributed by atoms with Crippen LogP contribution in [0.4, 0.5) is 5.82 Å². The molecule has 1 aliphatic rings. The molecule has 1 atom stereocenters. The molecule has 1 aromatic heterocycles. The van der Waals surface area contributed by atoms with Crippen LogP contribution in [0.5, 0.6) is 0 Å². The van der Waals surface area contributed by atoms with Gasteiger partial charge in [-0.05, 0) is 43.7 Å². The molecule has 0 aliphatic heterocycles. The number of nitrogens with zero attached hydrogens (tertiary/aromatic N) is 1. The van der Waals surface area contributed by atoms with Crippen molar-refractivity contribution in [3.05, 3.63) is 23.9 Å². The Bertz CT molecular complexity index is 318. The summed E-state index contributed by atoms with van der Waals surface area (Å²) in [6.07, 6.45) is 7.17. The molecule has 1 N–H and O–H groups in total. The van der Waals surface area contributed by atoms with Crippen molar-refractivity contribution in [3.63, 3.8) is 0 Å². The van der Waals surface area contributed by atoms with Crippen LogP contribution in [-0.4, -0.2) is 11.0 Å². The standard InChI is InChI=1S/C13H20N2/c1-3-5-12(11-7-8-11)15-13-10(2)6-4-9-14-13/h4,6,9,11-12H,3,5,7-8H2,1-2H3,(H,14,15). The van der Waals surface area contributed by atoms with E-state index in [1.165, 1.54) is 31.2 Å². The average molecular weight is 204 g/mol. The van der Waals surface area contributed by atoms with Gasteiger partial charge < -0.3 is 5.32 Å². The largest absolute Gasteiger partial charge is 0.367 e. The number of rotatable bonds is 5. The third kappa shape index (κ3) is 2.71. The number of pyridine rings is 1. The number of anilines is 1. The van der Waals surface area contributed by atoms with E-state index in [1.807, 2.05) is 12.3 Å². The van der Waals surface area contributed by atoms with Crippen molar-refractivity contribution < 1.29 is 0 Å². The van der Waals surface area contributed by atoms with E-state index in [-0.39, 0.29) is 0 Å². The molecule has 0 radical (unpaired) electrons. The van der Waals surface area contributed by atoms with E-state index in [2.05, 4.69) is 30.2 Å². The second kappa shape index (κ2) is 4.65. The van der Waals surface area contributed by atoms with Crippen molar-refractivity contribution in [3.8, 4) is 0 Å². The minimum atomic E-state index is 0.642. The van der Waals surface area contributed by atoms with Gasteiger partial charge in [0.2, 0.25) is 0 Å². The Balaban J connectivity index is 2.02. The summed E-state index contributed by atoms with van der Waals surface area (Å²) in [5, 5.41) is 3.60. The first-order valence-corrected chi connectivity index (χ1v) is 5.99. The molecule has 1 saturated carbocycles. The summed E-state index contributed by atoms with van der Waals surface area (Å²) in [6, 6.07) is 4.75. The Hall–Kier alpha value is -1.05. The second-order valence-electron chi connectivity index (χ2n) is 4.55. The number of hydrogen-bond donors (Lipinski definition) is 1. The van der Waals surface area contributed by atoms with E-state index in [9.17, 15) is 0 Å². The highest BCUT2D eigenvalue weighted by atomic mass is 15.0. The smallest absolute Gasteiger partial charge is 0.129 e. The minimum Gasteiger partial charge on any atom is -0.367 e. The maximum absolute atomic E-state index is 4.40. The monoisotopic (exact) mass is 204 g/mol. The van der Waals surface area contributed by atoms with Crippen molar-refractivity contribution in [2.24, 2.45) is 5.92 Å². The molecule has 2 rings (SSSR count). The minimum absolute atomic E-state index is 0.642. The van der Waals surface area contributed by atoms with Crippen LogP contribution in [0.1, 0.15) is 38.2 Å². The van der Waals surface area contributed by atoms with Crippen LogP contribution < -0.4 is 5.32 Å². The lowest BCUT2D eigenvalue weighted by Crippen LogP contribution is -2.22. The molecule has 1 aromatic rings. The van der Waals surface area contributed by atoms with Crippen LogP contribution in [0.15, 0.2) is 18.3 Å². The Morgan fingerprint density at radius 1 is 1.53 bits per heavy atom. The first-order chi connectivity index (χ1) is 7.31. The van der Waals surface area contributed by atoms with Crippen molar-refractivity contribution >= 4 is 5.82 Å². The van der Waals surface area contributed by atoms with E-state index in [0.29, 0.717) is 6.04 Å². The molecule has 0 amide bonds. The second-order valence-corrected chi connectivity index (χ2v) is 4.55. The van der Waals surface area contributed by atoms with Gasteiger partial charge in [-0.15, -0.1) is 0 Å². The third-order valence-corrected chi connectivity index (χ3v) is 3.12. The van der Waals surface area contributed by atoms with E-state index in [0.717, 1.165) is 11.7 Å². The molecule has 1 heterocycles. The van der Waals surface area contributed by atoms with Crippen LogP contribution in [0, 0.1) is 12.8 Å². The van der Waals surface area contributed by atoms with E-state index in [1.54, 1.807) is 0 Å². The van der Waals surface area contributed by atoms with E-state index < -0.39 is 0 Å². The molecule has 1 unspecified atom stereocenters. The van der Waals surface area contributed by atoms with Gasteiger partial charge in [-0.2, -0.15) is 0 Å². The highest BCUT2D eigenvalue weighted by Gasteiger charge is 2.30. The highest BCUT2D eigenvalue weighted by Crippen LogP contribution is 2.36. The zero-order chi connectivity index (χ0) is 10.7. The van der Waals surface area contributed by atoms with Gasteiger partial charge in [-0.1, -0.05) is 19.4 Å². The van der Waals surface area contributed by atoms with Gasteiger partial charge >= 0.3 is 0 Å². The SMILES string of the molecule is CCCC(Nc1ncccc1C)C1CC1. The van der Waals surface area contributed by atoms with Crippen LogP contribution in [0.2, 0.25) is 0 Å². The molecule has 1 fully saturated rings. The summed E-state index contributed by atoms with van der Waals surface area (Å²) < 4.78 is 0. The lowest BCUT2D eigenvalue weighted by Gasteiger charge is -2.19. The Morgan fingerprint density at radius 3 is 2.93 bits per heavy atom. The van der Waals surface area contributed by atoms with Gasteiger partial charge in [-0.3, -0.25) is 0 Å². The molecule has 1 aliphatic carbocycles. The molecular formula is C13H20N2. The molecule has 0 bridgehead atoms. The molecule has 0 aromatic carbocycles. The molecule has 0 saturated heterocycles. The molecule has 2 nitrogen and oxygen atoms in total. The first kappa shape index (κ1) is 10.5. The lowest BCUT2D eigenvalue weighted by molar-refractivity contribution is 0.575. The molecular weight excluding hydrogens is 184 g/mol. The quantitative estimate of drug-likeness (QED) is 0.795. The Kier molecular flexibility index (Phi) is 3.24. The fourth-order valence-corrected chi connectivity index (χ4v) is 2.05. The first-order valence-electron chi connectivity index (χ1n) is 5.99. The number of aryl methyl sites for hydroxylation is 1. The summed E-state index contributed by atoms with van der Waals surface area (Å²) in [6.45, 7) is 4.37. The normalized spacial score (nSPS) is 17.5. The fourth-order valence-electron chi connectivity index (χ4n) is 2.05. The maximum Gasteiger partial charge on any atom is 0.129 e. The van der Waals surface area contributed by atoms with Crippen molar-refractivity contribution in [2.45, 2.75) is 45.6 Å². The average Bonchev–Trinajstić information content (AvgIpc) is 3.04. The Morgan fingerprint density at radius 2 is 2.33 bits per heavy atom. The summed E-state index contributed by atoms with van der Waals surface area (Å²) in [7, 11) is 0. The summed E-state index contributed by atoms with van der Waals surface area (Å²) in [4.78, 5) is 4.40. The molecule has 15 heavy (non-hydrogen) atoms. The number of aromatic nitrogens is 1. The lowest BCUT2D eigenvalue weighted by atomic mass is 10.1. The Labute approximate surface area is 92.1 Å². The van der Waals surface area contributed by atoms with Gasteiger partial charge in [0.05, 0.1) is 0 Å². The maximum atomic E-state index is 4.40. The van der Waals surface area contributed by atoms with E-state index in [4.69, 9.17) is 0 Å². The zero-order valence-corrected chi connectivity index (χ0v) is 9.66. The van der Waals surface area contributed by atoms with Crippen LogP contribution >= 0.6 is 0 Å². The topological polar surface area (TPSA) is 24.9 Å². The highest BCUT2D eigenvalue weighted by molar-refractivity contribution is 5.43. The van der Waals surface area contributed by atoms with Crippen LogP contribution in [0.3, 0.4) is 0 Å². The summed E-state index contributed by atoms with van der Waals surface area (Å²) >= 11 is 0. The van der Waals surface area contributed by atoms with Gasteiger partial charge in [-0.25, -0.2) is 4.98 Å². The van der Waals surface area contributed by atoms with Crippen LogP contribution in [-0.2, 0) is 0 Å². The van der Waals surface area contributed by atoms with Crippen molar-refractivity contribution in [1.29, 1.82) is 0 Å². The van der Waals surface area contributed by atoms with Crippen LogP contribution in [0.25, 0.3) is 0 Å². The van der Waals surface area contributed by atoms with Crippen molar-refractivity contribution in [1.82, 2.24) is 4.98 Å². The van der Waals surface area contributed by atoms with E-state index >= 15 is 0 Å². The molecule has 82 valence electrons. The van der Waals surface area contributed by atoms with Gasteiger partial charge in [0.15, 0.2) is 0 Å². The van der Waals surface area contributed by atoms with Gasteiger partial charge in [0, 0.05) is 12.2 Å². The number of hydrogen-bond acceptors (Lipinski definition) is 2. The third-order valence-electron chi connectivity index (χ3n) is 3.12. The predicted molar refractivity (Wildman–Crippen MR) is 64.0 cm³/mol.